The Balaban J connectivity index is 1.83. The number of nitrogens with one attached hydrogen (secondary N) is 4. The summed E-state index contributed by atoms with van der Waals surface area (Å²) in [6.45, 7) is 20.9. The zero-order valence-corrected chi connectivity index (χ0v) is 34.1. The van der Waals surface area contributed by atoms with Gasteiger partial charge in [-0.05, 0) is 60.5 Å². The van der Waals surface area contributed by atoms with Crippen molar-refractivity contribution in [3.8, 4) is 0 Å². The third kappa shape index (κ3) is 11.6. The van der Waals surface area contributed by atoms with Crippen LogP contribution in [0.25, 0.3) is 0 Å². The smallest absolute Gasteiger partial charge is 0.315 e. The summed E-state index contributed by atoms with van der Waals surface area (Å²) in [5.41, 5.74) is -0.435. The molecule has 3 rings (SSSR count). The van der Waals surface area contributed by atoms with Gasteiger partial charge in [-0.25, -0.2) is 13.2 Å². The number of nitrogens with zero attached hydrogens (tertiary/aromatic N) is 2. The van der Waals surface area contributed by atoms with Crippen LogP contribution in [0.3, 0.4) is 0 Å². The first kappa shape index (κ1) is 43.6. The minimum atomic E-state index is -3.86. The Morgan fingerprint density at radius 2 is 1.55 bits per heavy atom. The van der Waals surface area contributed by atoms with E-state index in [0.29, 0.717) is 12.8 Å². The van der Waals surface area contributed by atoms with E-state index in [-0.39, 0.29) is 42.3 Å². The molecular formula is C39H62N6O7S. The number of urea groups is 1. The van der Waals surface area contributed by atoms with Crippen LogP contribution in [0.5, 0.6) is 0 Å². The Labute approximate surface area is 316 Å². The number of ketones is 1. The number of benzene rings is 1. The summed E-state index contributed by atoms with van der Waals surface area (Å²) in [6.07, 6.45) is 4.16. The van der Waals surface area contributed by atoms with Crippen LogP contribution in [0.1, 0.15) is 86.6 Å². The van der Waals surface area contributed by atoms with Crippen LogP contribution in [-0.4, -0.2) is 98.0 Å². The lowest BCUT2D eigenvalue weighted by Gasteiger charge is -2.38. The van der Waals surface area contributed by atoms with Gasteiger partial charge in [0.1, 0.15) is 12.1 Å². The van der Waals surface area contributed by atoms with E-state index in [1.54, 1.807) is 24.3 Å². The average molecular weight is 759 g/mol. The highest BCUT2D eigenvalue weighted by Gasteiger charge is 2.48. The van der Waals surface area contributed by atoms with Gasteiger partial charge in [-0.2, -0.15) is 4.31 Å². The molecular weight excluding hydrogens is 697 g/mol. The van der Waals surface area contributed by atoms with E-state index >= 15 is 0 Å². The van der Waals surface area contributed by atoms with Crippen molar-refractivity contribution in [2.24, 2.45) is 28.6 Å². The third-order valence-electron chi connectivity index (χ3n) is 10.3. The van der Waals surface area contributed by atoms with Gasteiger partial charge >= 0.3 is 6.03 Å². The normalized spacial score (nSPS) is 19.7. The highest BCUT2D eigenvalue weighted by molar-refractivity contribution is 7.89. The lowest BCUT2D eigenvalue weighted by atomic mass is 9.84. The zero-order chi connectivity index (χ0) is 40.1. The highest BCUT2D eigenvalue weighted by Crippen LogP contribution is 2.36. The maximum absolute atomic E-state index is 14.5. The van der Waals surface area contributed by atoms with E-state index in [1.807, 2.05) is 62.3 Å². The quantitative estimate of drug-likeness (QED) is 0.147. The molecule has 1 aromatic carbocycles. The lowest BCUT2D eigenvalue weighted by molar-refractivity contribution is -0.144. The number of carbonyl (C=O) groups is 5. The molecule has 296 valence electrons. The largest absolute Gasteiger partial charge is 0.346 e. The summed E-state index contributed by atoms with van der Waals surface area (Å²) in [7, 11) is -2.39. The number of sulfonamides is 1. The first-order chi connectivity index (χ1) is 24.5. The van der Waals surface area contributed by atoms with E-state index in [9.17, 15) is 32.4 Å². The van der Waals surface area contributed by atoms with Crippen molar-refractivity contribution in [1.82, 2.24) is 30.5 Å². The molecule has 5 amide bonds. The number of carbonyl (C=O) groups excluding carboxylic acids is 5. The zero-order valence-electron chi connectivity index (χ0n) is 33.2. The molecule has 13 nitrogen and oxygen atoms in total. The molecule has 1 heterocycles. The Hall–Kier alpha value is -3.78. The van der Waals surface area contributed by atoms with Crippen molar-refractivity contribution >= 4 is 39.6 Å². The molecule has 14 heteroatoms. The van der Waals surface area contributed by atoms with E-state index in [1.165, 1.54) is 22.3 Å². The summed E-state index contributed by atoms with van der Waals surface area (Å²) in [5, 5.41) is 11.1. The van der Waals surface area contributed by atoms with Crippen LogP contribution >= 0.6 is 0 Å². The SMILES string of the molecule is C=CCNC(=O)C(=O)C(CC1CC1)NC(=O)[C@@H]1[C@@H](C(C)C)CCN1C(=O)[C@@H](NC(=O)N[C@H](CN(C)S(=O)(=O)c1ccc(C)cc1)C(C)(C)C)C(C)(C)C. The Bertz CT molecular complexity index is 1610. The Morgan fingerprint density at radius 1 is 0.943 bits per heavy atom. The summed E-state index contributed by atoms with van der Waals surface area (Å²) in [4.78, 5) is 69.8. The molecule has 2 fully saturated rings. The van der Waals surface area contributed by atoms with Gasteiger partial charge in [0.15, 0.2) is 0 Å². The van der Waals surface area contributed by atoms with E-state index in [2.05, 4.69) is 27.8 Å². The fourth-order valence-electron chi connectivity index (χ4n) is 6.61. The second-order valence-electron chi connectivity index (χ2n) is 17.2. The van der Waals surface area contributed by atoms with E-state index in [4.69, 9.17) is 0 Å². The monoisotopic (exact) mass is 758 g/mol. The molecule has 1 aromatic rings. The lowest BCUT2D eigenvalue weighted by Crippen LogP contribution is -2.62. The van der Waals surface area contributed by atoms with Gasteiger partial charge in [-0.3, -0.25) is 19.2 Å². The van der Waals surface area contributed by atoms with Crippen molar-refractivity contribution in [1.29, 1.82) is 0 Å². The molecule has 4 N–H and O–H groups in total. The summed E-state index contributed by atoms with van der Waals surface area (Å²) in [6, 6.07) is 2.23. The maximum atomic E-state index is 14.5. The van der Waals surface area contributed by atoms with Gasteiger partial charge < -0.3 is 26.2 Å². The van der Waals surface area contributed by atoms with Gasteiger partial charge in [-0.1, -0.05) is 92.0 Å². The van der Waals surface area contributed by atoms with Gasteiger partial charge in [-0.15, -0.1) is 6.58 Å². The molecule has 1 aliphatic heterocycles. The van der Waals surface area contributed by atoms with Crippen LogP contribution in [-0.2, 0) is 29.2 Å². The first-order valence-corrected chi connectivity index (χ1v) is 20.1. The number of likely N-dealkylation sites (tertiary alicyclic amines) is 1. The van der Waals surface area contributed by atoms with Crippen molar-refractivity contribution in [2.75, 3.05) is 26.7 Å². The molecule has 0 bridgehead atoms. The molecule has 5 atom stereocenters. The number of hydrogen-bond acceptors (Lipinski definition) is 7. The molecule has 1 saturated heterocycles. The van der Waals surface area contributed by atoms with Gasteiger partial charge in [0.2, 0.25) is 27.6 Å². The number of Topliss-reactive ketones (excluding diaryl/α,β-unsaturated/α-hetero) is 1. The number of amides is 5. The van der Waals surface area contributed by atoms with Crippen LogP contribution in [0.15, 0.2) is 41.8 Å². The molecule has 0 spiro atoms. The fraction of sp³-hybridized carbons (Fsp3) is 0.667. The summed E-state index contributed by atoms with van der Waals surface area (Å²) < 4.78 is 28.0. The number of hydrogen-bond donors (Lipinski definition) is 4. The Kier molecular flexibility index (Phi) is 14.5. The Morgan fingerprint density at radius 3 is 2.06 bits per heavy atom. The second-order valence-corrected chi connectivity index (χ2v) is 19.3. The molecule has 53 heavy (non-hydrogen) atoms. The second kappa shape index (κ2) is 17.6. The van der Waals surface area contributed by atoms with Crippen molar-refractivity contribution < 1.29 is 32.4 Å². The molecule has 1 unspecified atom stereocenters. The summed E-state index contributed by atoms with van der Waals surface area (Å²) >= 11 is 0. The van der Waals surface area contributed by atoms with Gasteiger partial charge in [0.25, 0.3) is 5.91 Å². The fourth-order valence-corrected chi connectivity index (χ4v) is 7.80. The van der Waals surface area contributed by atoms with E-state index < -0.39 is 74.6 Å². The molecule has 0 radical (unpaired) electrons. The van der Waals surface area contributed by atoms with Crippen LogP contribution in [0, 0.1) is 35.5 Å². The van der Waals surface area contributed by atoms with Crippen LogP contribution < -0.4 is 21.3 Å². The van der Waals surface area contributed by atoms with Crippen molar-refractivity contribution in [2.45, 2.75) is 117 Å². The number of likely N-dealkylation sites (N-methyl/N-ethyl adjacent to an activating group) is 1. The van der Waals surface area contributed by atoms with Gasteiger partial charge in [0.05, 0.1) is 10.9 Å². The highest BCUT2D eigenvalue weighted by atomic mass is 32.2. The molecule has 1 saturated carbocycles. The van der Waals surface area contributed by atoms with E-state index in [0.717, 1.165) is 18.4 Å². The first-order valence-electron chi connectivity index (χ1n) is 18.6. The maximum Gasteiger partial charge on any atom is 0.315 e. The molecule has 1 aliphatic carbocycles. The minimum Gasteiger partial charge on any atom is -0.346 e. The van der Waals surface area contributed by atoms with Crippen molar-refractivity contribution in [3.05, 3.63) is 42.5 Å². The number of rotatable bonds is 16. The summed E-state index contributed by atoms with van der Waals surface area (Å²) in [5.74, 6) is -2.47. The topological polar surface area (TPSA) is 174 Å². The number of aryl methyl sites for hydroxylation is 1. The molecule has 0 aromatic heterocycles. The van der Waals surface area contributed by atoms with Gasteiger partial charge in [0, 0.05) is 32.7 Å². The molecule has 2 aliphatic rings. The van der Waals surface area contributed by atoms with Crippen molar-refractivity contribution in [3.63, 3.8) is 0 Å². The third-order valence-corrected chi connectivity index (χ3v) is 12.1. The average Bonchev–Trinajstić information content (AvgIpc) is 3.76. The standard InChI is InChI=1S/C39H62N6O7S/c1-12-20-40-35(48)32(46)29(22-26-15-16-26)41-34(47)31-28(24(2)3)19-21-45(31)36(49)33(39(8,9)10)43-37(50)42-30(38(5,6)7)23-44(11)53(51,52)27-17-13-25(4)14-18-27/h12-14,17-18,24,26,28-31,33H,1,15-16,19-23H2,2-11H3,(H,40,48)(H,41,47)(H2,42,43,50)/t28-,29?,30-,31+,33-/m1/s1. The van der Waals surface area contributed by atoms with Crippen LogP contribution in [0.2, 0.25) is 0 Å². The predicted octanol–water partition coefficient (Wildman–Crippen LogP) is 3.77. The van der Waals surface area contributed by atoms with Crippen LogP contribution in [0.4, 0.5) is 4.79 Å². The predicted molar refractivity (Wildman–Crippen MR) is 205 cm³/mol. The minimum absolute atomic E-state index is 0.0158.